The van der Waals surface area contributed by atoms with E-state index >= 15 is 0 Å². The first-order valence-electron chi connectivity index (χ1n) is 8.09. The smallest absolute Gasteiger partial charge is 0.331 e. The van der Waals surface area contributed by atoms with Crippen molar-refractivity contribution in [2.24, 2.45) is 0 Å². The summed E-state index contributed by atoms with van der Waals surface area (Å²) in [6, 6.07) is 0. The van der Waals surface area contributed by atoms with Gasteiger partial charge in [0.25, 0.3) is 0 Å². The molecule has 0 spiro atoms. The third-order valence-electron chi connectivity index (χ3n) is 3.88. The van der Waals surface area contributed by atoms with Crippen molar-refractivity contribution in [2.75, 3.05) is 7.11 Å². The molecule has 2 atom stereocenters. The van der Waals surface area contributed by atoms with Crippen LogP contribution in [0.2, 0.25) is 0 Å². The molecule has 0 unspecified atom stereocenters. The Morgan fingerprint density at radius 1 is 0.952 bits per heavy atom. The second-order valence-corrected chi connectivity index (χ2v) is 5.76. The fourth-order valence-corrected chi connectivity index (χ4v) is 2.58. The first-order chi connectivity index (χ1) is 10.1. The lowest BCUT2D eigenvalue weighted by atomic mass is 10.0. The number of cyclic esters (lactones) is 1. The number of hydrogen-bond donors (Lipinski definition) is 0. The van der Waals surface area contributed by atoms with Gasteiger partial charge in [-0.25, -0.2) is 4.79 Å². The summed E-state index contributed by atoms with van der Waals surface area (Å²) in [5, 5.41) is 0. The van der Waals surface area contributed by atoms with Crippen molar-refractivity contribution in [2.45, 2.75) is 76.9 Å². The number of methoxy groups -OCH3 is 1. The van der Waals surface area contributed by atoms with Gasteiger partial charge in [0.2, 0.25) is 0 Å². The predicted molar refractivity (Wildman–Crippen MR) is 82.1 cm³/mol. The highest BCUT2D eigenvalue weighted by molar-refractivity contribution is 5.98. The number of esters is 1. The van der Waals surface area contributed by atoms with Crippen molar-refractivity contribution in [3.63, 3.8) is 0 Å². The number of rotatable bonds is 1. The van der Waals surface area contributed by atoms with Crippen molar-refractivity contribution in [3.8, 4) is 0 Å². The first kappa shape index (κ1) is 17.9. The van der Waals surface area contributed by atoms with Gasteiger partial charge in [-0.2, -0.15) is 0 Å². The van der Waals surface area contributed by atoms with E-state index in [4.69, 9.17) is 9.47 Å². The van der Waals surface area contributed by atoms with Crippen LogP contribution in [0.4, 0.5) is 0 Å². The van der Waals surface area contributed by atoms with Crippen LogP contribution in [-0.4, -0.2) is 31.1 Å². The number of hydrogen-bond acceptors (Lipinski definition) is 4. The molecule has 0 saturated carbocycles. The Morgan fingerprint density at radius 3 is 2.14 bits per heavy atom. The number of ether oxygens (including phenoxy) is 2. The fraction of sp³-hybridized carbons (Fsp3) is 0.765. The van der Waals surface area contributed by atoms with E-state index in [1.165, 1.54) is 44.9 Å². The number of carbonyl (C=O) groups excluding carboxylic acids is 2. The van der Waals surface area contributed by atoms with Gasteiger partial charge >= 0.3 is 5.97 Å². The average Bonchev–Trinajstić information content (AvgIpc) is 2.46. The average molecular weight is 296 g/mol. The molecule has 0 aliphatic carbocycles. The summed E-state index contributed by atoms with van der Waals surface area (Å²) in [4.78, 5) is 23.6. The summed E-state index contributed by atoms with van der Waals surface area (Å²) in [6.45, 7) is 1.90. The Bertz CT molecular complexity index is 349. The van der Waals surface area contributed by atoms with E-state index in [9.17, 15) is 9.59 Å². The fourth-order valence-electron chi connectivity index (χ4n) is 2.58. The summed E-state index contributed by atoms with van der Waals surface area (Å²) in [6.07, 6.45) is 11.6. The summed E-state index contributed by atoms with van der Waals surface area (Å²) in [5.41, 5.74) is 0. The Hall–Kier alpha value is -1.16. The molecule has 0 bridgehead atoms. The molecule has 0 N–H and O–H groups in total. The van der Waals surface area contributed by atoms with Crippen molar-refractivity contribution >= 4 is 11.8 Å². The maximum absolute atomic E-state index is 11.9. The molecule has 0 radical (unpaired) electrons. The molecule has 1 rings (SSSR count). The minimum absolute atomic E-state index is 0.0941. The molecule has 1 heterocycles. The molecule has 0 aromatic carbocycles. The third kappa shape index (κ3) is 8.00. The van der Waals surface area contributed by atoms with Crippen LogP contribution in [0, 0.1) is 0 Å². The van der Waals surface area contributed by atoms with Crippen LogP contribution < -0.4 is 0 Å². The molecule has 21 heavy (non-hydrogen) atoms. The largest absolute Gasteiger partial charge is 0.460 e. The van der Waals surface area contributed by atoms with Gasteiger partial charge in [-0.05, 0) is 32.3 Å². The van der Waals surface area contributed by atoms with E-state index in [-0.39, 0.29) is 11.9 Å². The van der Waals surface area contributed by atoms with E-state index in [1.54, 1.807) is 0 Å². The van der Waals surface area contributed by atoms with Crippen molar-refractivity contribution in [1.29, 1.82) is 0 Å². The third-order valence-corrected chi connectivity index (χ3v) is 3.88. The molecule has 0 amide bonds. The van der Waals surface area contributed by atoms with Crippen LogP contribution in [0.15, 0.2) is 12.2 Å². The quantitative estimate of drug-likeness (QED) is 0.694. The molecule has 0 saturated heterocycles. The van der Waals surface area contributed by atoms with E-state index < -0.39 is 12.1 Å². The Kier molecular flexibility index (Phi) is 8.99. The van der Waals surface area contributed by atoms with E-state index in [2.05, 4.69) is 0 Å². The topological polar surface area (TPSA) is 52.6 Å². The molecular formula is C17H28O4. The lowest BCUT2D eigenvalue weighted by Crippen LogP contribution is -2.21. The molecule has 120 valence electrons. The molecular weight excluding hydrogens is 268 g/mol. The van der Waals surface area contributed by atoms with Gasteiger partial charge in [0.1, 0.15) is 6.10 Å². The molecule has 1 aliphatic heterocycles. The van der Waals surface area contributed by atoms with Crippen LogP contribution in [0.3, 0.4) is 0 Å². The summed E-state index contributed by atoms with van der Waals surface area (Å²) < 4.78 is 10.5. The standard InChI is InChI=1S/C17H28O4/c1-14-10-8-6-4-3-5-7-9-11-16(20-2)15(18)12-13-17(19)21-14/h12-14,16H,3-11H2,1-2H3/b13-12-/t14-,16+/m1/s1. The Labute approximate surface area is 127 Å². The molecule has 0 aromatic heterocycles. The van der Waals surface area contributed by atoms with Gasteiger partial charge in [-0.3, -0.25) is 4.79 Å². The molecule has 0 fully saturated rings. The summed E-state index contributed by atoms with van der Waals surface area (Å²) in [5.74, 6) is -0.605. The second kappa shape index (κ2) is 10.6. The Morgan fingerprint density at radius 2 is 1.52 bits per heavy atom. The molecule has 4 heteroatoms. The van der Waals surface area contributed by atoms with E-state index in [0.717, 1.165) is 25.7 Å². The zero-order valence-corrected chi connectivity index (χ0v) is 13.3. The van der Waals surface area contributed by atoms with Crippen LogP contribution in [0.1, 0.15) is 64.7 Å². The first-order valence-corrected chi connectivity index (χ1v) is 8.09. The zero-order valence-electron chi connectivity index (χ0n) is 13.3. The van der Waals surface area contributed by atoms with Crippen molar-refractivity contribution in [3.05, 3.63) is 12.2 Å². The van der Waals surface area contributed by atoms with E-state index in [0.29, 0.717) is 6.42 Å². The summed E-state index contributed by atoms with van der Waals surface area (Å²) in [7, 11) is 1.54. The lowest BCUT2D eigenvalue weighted by Gasteiger charge is -2.13. The predicted octanol–water partition coefficient (Wildman–Crippen LogP) is 3.58. The number of carbonyl (C=O) groups is 2. The van der Waals surface area contributed by atoms with Crippen LogP contribution in [0.5, 0.6) is 0 Å². The zero-order chi connectivity index (χ0) is 15.5. The minimum Gasteiger partial charge on any atom is -0.460 e. The van der Waals surface area contributed by atoms with Gasteiger partial charge < -0.3 is 9.47 Å². The highest BCUT2D eigenvalue weighted by atomic mass is 16.5. The van der Waals surface area contributed by atoms with Crippen LogP contribution in [0.25, 0.3) is 0 Å². The van der Waals surface area contributed by atoms with Gasteiger partial charge in [0.05, 0.1) is 6.10 Å². The summed E-state index contributed by atoms with van der Waals surface area (Å²) >= 11 is 0. The molecule has 4 nitrogen and oxygen atoms in total. The minimum atomic E-state index is -0.446. The molecule has 0 aromatic rings. The highest BCUT2D eigenvalue weighted by Crippen LogP contribution is 2.14. The SMILES string of the molecule is CO[C@H]1CCCCCCCCC[C@@H](C)OC(=O)/C=C\C1=O. The Balaban J connectivity index is 2.58. The van der Waals surface area contributed by atoms with Gasteiger partial charge in [0.15, 0.2) is 5.78 Å². The second-order valence-electron chi connectivity index (χ2n) is 5.76. The van der Waals surface area contributed by atoms with Crippen LogP contribution in [-0.2, 0) is 19.1 Å². The normalized spacial score (nSPS) is 28.9. The molecule has 1 aliphatic rings. The maximum Gasteiger partial charge on any atom is 0.331 e. The number of ketones is 1. The van der Waals surface area contributed by atoms with E-state index in [1.807, 2.05) is 6.92 Å². The highest BCUT2D eigenvalue weighted by Gasteiger charge is 2.15. The maximum atomic E-state index is 11.9. The van der Waals surface area contributed by atoms with Crippen molar-refractivity contribution in [1.82, 2.24) is 0 Å². The lowest BCUT2D eigenvalue weighted by molar-refractivity contribution is -0.142. The van der Waals surface area contributed by atoms with Crippen LogP contribution >= 0.6 is 0 Å². The van der Waals surface area contributed by atoms with Gasteiger partial charge in [-0.1, -0.05) is 38.5 Å². The van der Waals surface area contributed by atoms with Crippen molar-refractivity contribution < 1.29 is 19.1 Å². The van der Waals surface area contributed by atoms with Gasteiger partial charge in [0, 0.05) is 13.2 Å². The van der Waals surface area contributed by atoms with Gasteiger partial charge in [-0.15, -0.1) is 0 Å². The monoisotopic (exact) mass is 296 g/mol.